The molecule has 0 bridgehead atoms. The fourth-order valence-corrected chi connectivity index (χ4v) is 1.94. The Balaban J connectivity index is 2.68. The van der Waals surface area contributed by atoms with Crippen LogP contribution in [0.2, 0.25) is 0 Å². The van der Waals surface area contributed by atoms with Crippen LogP contribution in [0.4, 0.5) is 0 Å². The maximum absolute atomic E-state index is 9.68. The average Bonchev–Trinajstić information content (AvgIpc) is 2.12. The number of hydrogen-bond donors (Lipinski definition) is 1. The lowest BCUT2D eigenvalue weighted by Crippen LogP contribution is -2.28. The fraction of sp³-hybridized carbons (Fsp3) is 0.818. The monoisotopic (exact) mass is 184 g/mol. The van der Waals surface area contributed by atoms with Gasteiger partial charge < -0.3 is 9.84 Å². The average molecular weight is 184 g/mol. The van der Waals surface area contributed by atoms with E-state index in [4.69, 9.17) is 4.74 Å². The molecule has 0 radical (unpaired) electrons. The highest BCUT2D eigenvalue weighted by atomic mass is 16.5. The van der Waals surface area contributed by atoms with E-state index in [0.717, 1.165) is 24.8 Å². The van der Waals surface area contributed by atoms with Crippen molar-refractivity contribution in [3.8, 4) is 0 Å². The molecule has 1 aliphatic rings. The summed E-state index contributed by atoms with van der Waals surface area (Å²) in [5.41, 5.74) is 1.42. The van der Waals surface area contributed by atoms with E-state index in [9.17, 15) is 5.11 Å². The number of rotatable bonds is 2. The molecule has 1 aliphatic carbocycles. The van der Waals surface area contributed by atoms with Gasteiger partial charge in [0.15, 0.2) is 0 Å². The summed E-state index contributed by atoms with van der Waals surface area (Å²) in [5.74, 6) is 0. The number of ether oxygens (including phenoxy) is 1. The Morgan fingerprint density at radius 2 is 2.38 bits per heavy atom. The zero-order chi connectivity index (χ0) is 9.90. The zero-order valence-electron chi connectivity index (χ0n) is 8.84. The predicted octanol–water partition coefficient (Wildman–Crippen LogP) is 2.48. The number of aliphatic hydroxyl groups is 1. The number of aliphatic hydroxyl groups excluding tert-OH is 1. The van der Waals surface area contributed by atoms with Gasteiger partial charge in [0.1, 0.15) is 0 Å². The minimum Gasteiger partial charge on any atom is -0.504 e. The van der Waals surface area contributed by atoms with E-state index in [1.165, 1.54) is 6.42 Å². The maximum atomic E-state index is 9.68. The molecule has 0 amide bonds. The fourth-order valence-electron chi connectivity index (χ4n) is 1.94. The molecule has 1 fully saturated rings. The molecule has 1 N–H and O–H groups in total. The molecule has 1 rings (SSSR count). The summed E-state index contributed by atoms with van der Waals surface area (Å²) in [5, 5.41) is 9.68. The molecule has 0 saturated heterocycles. The van der Waals surface area contributed by atoms with E-state index in [0.29, 0.717) is 5.41 Å². The molecular weight excluding hydrogens is 164 g/mol. The van der Waals surface area contributed by atoms with Crippen molar-refractivity contribution in [3.05, 3.63) is 11.8 Å². The molecule has 0 aromatic heterocycles. The van der Waals surface area contributed by atoms with Crippen molar-refractivity contribution < 1.29 is 9.84 Å². The highest BCUT2D eigenvalue weighted by Gasteiger charge is 2.32. The van der Waals surface area contributed by atoms with Crippen LogP contribution in [0.15, 0.2) is 11.8 Å². The standard InChI is InChI=1S/C11H20O2/c1-4-11(2)6-5-10(12)9(7-11)8-13-3/h8,10,12H,4-7H2,1-3H3/b9-8+. The Labute approximate surface area is 80.6 Å². The Hall–Kier alpha value is -0.500. The van der Waals surface area contributed by atoms with Crippen LogP contribution < -0.4 is 0 Å². The normalized spacial score (nSPS) is 37.8. The van der Waals surface area contributed by atoms with Gasteiger partial charge in [-0.05, 0) is 30.3 Å². The molecule has 2 atom stereocenters. The Morgan fingerprint density at radius 1 is 1.69 bits per heavy atom. The van der Waals surface area contributed by atoms with Crippen molar-refractivity contribution in [1.29, 1.82) is 0 Å². The van der Waals surface area contributed by atoms with Gasteiger partial charge in [-0.3, -0.25) is 0 Å². The van der Waals surface area contributed by atoms with Gasteiger partial charge in [-0.1, -0.05) is 20.3 Å². The molecule has 2 unspecified atom stereocenters. The summed E-state index contributed by atoms with van der Waals surface area (Å²) in [6.07, 6.45) is 5.56. The Bertz CT molecular complexity index is 198. The topological polar surface area (TPSA) is 29.5 Å². The van der Waals surface area contributed by atoms with Gasteiger partial charge in [0.25, 0.3) is 0 Å². The van der Waals surface area contributed by atoms with E-state index < -0.39 is 0 Å². The van der Waals surface area contributed by atoms with Crippen molar-refractivity contribution in [2.75, 3.05) is 7.11 Å². The van der Waals surface area contributed by atoms with Gasteiger partial charge in [-0.2, -0.15) is 0 Å². The third kappa shape index (κ3) is 2.47. The van der Waals surface area contributed by atoms with Crippen molar-refractivity contribution >= 4 is 0 Å². The van der Waals surface area contributed by atoms with Crippen molar-refractivity contribution in [3.63, 3.8) is 0 Å². The molecule has 0 aromatic carbocycles. The van der Waals surface area contributed by atoms with E-state index in [1.54, 1.807) is 13.4 Å². The summed E-state index contributed by atoms with van der Waals surface area (Å²) < 4.78 is 4.97. The van der Waals surface area contributed by atoms with Gasteiger partial charge in [0.2, 0.25) is 0 Å². The van der Waals surface area contributed by atoms with Gasteiger partial charge in [-0.25, -0.2) is 0 Å². The second kappa shape index (κ2) is 4.14. The Kier molecular flexibility index (Phi) is 3.37. The van der Waals surface area contributed by atoms with Crippen molar-refractivity contribution in [2.24, 2.45) is 5.41 Å². The first-order valence-corrected chi connectivity index (χ1v) is 5.01. The zero-order valence-corrected chi connectivity index (χ0v) is 8.84. The molecular formula is C11H20O2. The summed E-state index contributed by atoms with van der Waals surface area (Å²) >= 11 is 0. The van der Waals surface area contributed by atoms with E-state index >= 15 is 0 Å². The minimum absolute atomic E-state index is 0.278. The largest absolute Gasteiger partial charge is 0.504 e. The number of hydrogen-bond acceptors (Lipinski definition) is 2. The first-order valence-electron chi connectivity index (χ1n) is 5.01. The second-order valence-electron chi connectivity index (χ2n) is 4.32. The lowest BCUT2D eigenvalue weighted by molar-refractivity contribution is 0.113. The maximum Gasteiger partial charge on any atom is 0.0842 e. The molecule has 0 heterocycles. The van der Waals surface area contributed by atoms with Crippen LogP contribution in [0.1, 0.15) is 39.5 Å². The summed E-state index contributed by atoms with van der Waals surface area (Å²) in [6.45, 7) is 4.49. The first kappa shape index (κ1) is 10.6. The molecule has 2 heteroatoms. The smallest absolute Gasteiger partial charge is 0.0842 e. The Morgan fingerprint density at radius 3 is 2.92 bits per heavy atom. The third-order valence-corrected chi connectivity index (χ3v) is 3.20. The van der Waals surface area contributed by atoms with Gasteiger partial charge in [0.05, 0.1) is 19.5 Å². The highest BCUT2D eigenvalue weighted by Crippen LogP contribution is 2.41. The summed E-state index contributed by atoms with van der Waals surface area (Å²) in [7, 11) is 1.64. The second-order valence-corrected chi connectivity index (χ2v) is 4.32. The van der Waals surface area contributed by atoms with E-state index in [1.807, 2.05) is 0 Å². The molecule has 1 saturated carbocycles. The lowest BCUT2D eigenvalue weighted by atomic mass is 9.71. The lowest BCUT2D eigenvalue weighted by Gasteiger charge is -2.36. The van der Waals surface area contributed by atoms with Crippen LogP contribution in [0.25, 0.3) is 0 Å². The van der Waals surface area contributed by atoms with Crippen molar-refractivity contribution in [2.45, 2.75) is 45.6 Å². The van der Waals surface area contributed by atoms with Gasteiger partial charge in [0, 0.05) is 0 Å². The van der Waals surface area contributed by atoms with Gasteiger partial charge in [-0.15, -0.1) is 0 Å². The molecule has 13 heavy (non-hydrogen) atoms. The molecule has 0 aliphatic heterocycles. The molecule has 0 spiro atoms. The quantitative estimate of drug-likeness (QED) is 0.668. The highest BCUT2D eigenvalue weighted by molar-refractivity contribution is 5.11. The molecule has 76 valence electrons. The molecule has 0 aromatic rings. The SMILES string of the molecule is CCC1(C)CCC(O)/C(=C/OC)C1. The summed E-state index contributed by atoms with van der Waals surface area (Å²) in [6, 6.07) is 0. The van der Waals surface area contributed by atoms with Crippen LogP contribution in [0.5, 0.6) is 0 Å². The van der Waals surface area contributed by atoms with Crippen LogP contribution in [0.3, 0.4) is 0 Å². The van der Waals surface area contributed by atoms with Crippen LogP contribution in [0, 0.1) is 5.41 Å². The van der Waals surface area contributed by atoms with Crippen LogP contribution in [-0.2, 0) is 4.74 Å². The molecule has 2 nitrogen and oxygen atoms in total. The van der Waals surface area contributed by atoms with E-state index in [2.05, 4.69) is 13.8 Å². The third-order valence-electron chi connectivity index (χ3n) is 3.20. The van der Waals surface area contributed by atoms with Gasteiger partial charge >= 0.3 is 0 Å². The van der Waals surface area contributed by atoms with Crippen LogP contribution in [-0.4, -0.2) is 18.3 Å². The predicted molar refractivity (Wildman–Crippen MR) is 53.3 cm³/mol. The summed E-state index contributed by atoms with van der Waals surface area (Å²) in [4.78, 5) is 0. The minimum atomic E-state index is -0.278. The van der Waals surface area contributed by atoms with Crippen LogP contribution >= 0.6 is 0 Å². The number of methoxy groups -OCH3 is 1. The van der Waals surface area contributed by atoms with E-state index in [-0.39, 0.29) is 6.10 Å². The van der Waals surface area contributed by atoms with Crippen molar-refractivity contribution in [1.82, 2.24) is 0 Å². The first-order chi connectivity index (χ1) is 6.11.